The van der Waals surface area contributed by atoms with E-state index in [1.165, 1.54) is 22.5 Å². The van der Waals surface area contributed by atoms with Gasteiger partial charge in [-0.25, -0.2) is 0 Å². The Morgan fingerprint density at radius 3 is 1.44 bits per heavy atom. The molecule has 0 unspecified atom stereocenters. The largest absolute Gasteiger partial charge is 0.379 e. The highest BCUT2D eigenvalue weighted by Gasteiger charge is 1.85. The van der Waals surface area contributed by atoms with E-state index in [1.807, 2.05) is 0 Å². The second kappa shape index (κ2) is 8.19. The van der Waals surface area contributed by atoms with Crippen LogP contribution < -0.4 is 5.73 Å². The maximum atomic E-state index is 6.48. The van der Waals surface area contributed by atoms with Gasteiger partial charge in [-0.3, -0.25) is 5.41 Å². The highest BCUT2D eigenvalue weighted by atomic mass is 79.9. The average molecular weight is 299 g/mol. The van der Waals surface area contributed by atoms with Crippen LogP contribution in [0.25, 0.3) is 10.8 Å². The summed E-state index contributed by atoms with van der Waals surface area (Å²) in [7, 11) is 0. The van der Waals surface area contributed by atoms with E-state index in [1.54, 1.807) is 6.26 Å². The number of hydrogen-bond donors (Lipinski definition) is 2. The smallest absolute Gasteiger partial charge is 0.150 e. The van der Waals surface area contributed by atoms with Crippen LogP contribution in [0.2, 0.25) is 0 Å². The third-order valence-electron chi connectivity index (χ3n) is 1.88. The summed E-state index contributed by atoms with van der Waals surface area (Å²) in [6.07, 6.45) is 1.77. The number of fused-ring (bicyclic) bond motifs is 1. The molecule has 2 rings (SSSR count). The van der Waals surface area contributed by atoms with Crippen molar-refractivity contribution in [3.63, 3.8) is 0 Å². The lowest BCUT2D eigenvalue weighted by atomic mass is 10.1. The molecule has 86 valence electrons. The van der Waals surface area contributed by atoms with Gasteiger partial charge in [-0.1, -0.05) is 60.3 Å². The van der Waals surface area contributed by atoms with E-state index in [4.69, 9.17) is 11.1 Å². The van der Waals surface area contributed by atoms with E-state index in [2.05, 4.69) is 48.5 Å². The van der Waals surface area contributed by atoms with Crippen molar-refractivity contribution in [2.75, 3.05) is 6.26 Å². The number of thioether (sulfide) groups is 1. The molecule has 4 heteroatoms. The Balaban J connectivity index is 0.000000330. The number of hydrogen-bond acceptors (Lipinski definition) is 2. The lowest BCUT2D eigenvalue weighted by Crippen LogP contribution is -2.01. The van der Waals surface area contributed by atoms with Crippen LogP contribution in [-0.4, -0.2) is 11.4 Å². The number of nitrogens with two attached hydrogens (primary N) is 1. The van der Waals surface area contributed by atoms with Crippen LogP contribution in [0.15, 0.2) is 48.5 Å². The van der Waals surface area contributed by atoms with Crippen LogP contribution in [0.5, 0.6) is 0 Å². The maximum Gasteiger partial charge on any atom is 0.150 e. The van der Waals surface area contributed by atoms with Gasteiger partial charge < -0.3 is 5.73 Å². The molecule has 0 saturated carbocycles. The molecule has 2 aromatic rings. The Labute approximate surface area is 111 Å². The van der Waals surface area contributed by atoms with Gasteiger partial charge in [0, 0.05) is 0 Å². The highest BCUT2D eigenvalue weighted by molar-refractivity contribution is 8.93. The average Bonchev–Trinajstić information content (AvgIpc) is 2.30. The van der Waals surface area contributed by atoms with E-state index < -0.39 is 0 Å². The number of amidine groups is 1. The molecule has 0 spiro atoms. The van der Waals surface area contributed by atoms with Crippen molar-refractivity contribution in [1.82, 2.24) is 0 Å². The summed E-state index contributed by atoms with van der Waals surface area (Å²) in [5, 5.41) is 9.28. The summed E-state index contributed by atoms with van der Waals surface area (Å²) < 4.78 is 0. The molecule has 0 heterocycles. The molecular formula is C12H15BrN2S. The van der Waals surface area contributed by atoms with Crippen LogP contribution in [0.4, 0.5) is 0 Å². The van der Waals surface area contributed by atoms with Crippen molar-refractivity contribution >= 4 is 44.7 Å². The first-order valence-electron chi connectivity index (χ1n) is 4.56. The van der Waals surface area contributed by atoms with Crippen LogP contribution in [0, 0.1) is 5.41 Å². The van der Waals surface area contributed by atoms with Gasteiger partial charge in [0.1, 0.15) is 0 Å². The first kappa shape index (κ1) is 15.0. The maximum absolute atomic E-state index is 6.48. The highest BCUT2D eigenvalue weighted by Crippen LogP contribution is 2.11. The van der Waals surface area contributed by atoms with Gasteiger partial charge in [-0.15, -0.1) is 17.0 Å². The number of nitrogens with one attached hydrogen (secondary N) is 1. The number of benzene rings is 2. The molecule has 0 aliphatic rings. The second-order valence-corrected chi connectivity index (χ2v) is 3.76. The molecule has 0 atom stereocenters. The Kier molecular flexibility index (Phi) is 7.68. The minimum atomic E-state index is 0. The SMILES string of the molecule is Br.CSC(=N)N.c1ccc2ccccc2c1. The summed E-state index contributed by atoms with van der Waals surface area (Å²) in [5.74, 6) is 0. The quantitative estimate of drug-likeness (QED) is 0.576. The normalized spacial score (nSPS) is 8.56. The zero-order chi connectivity index (χ0) is 11.1. The second-order valence-electron chi connectivity index (χ2n) is 2.92. The van der Waals surface area contributed by atoms with Gasteiger partial charge in [0.05, 0.1) is 0 Å². The van der Waals surface area contributed by atoms with Crippen LogP contribution in [0.3, 0.4) is 0 Å². The lowest BCUT2D eigenvalue weighted by Gasteiger charge is -1.92. The molecule has 16 heavy (non-hydrogen) atoms. The first-order valence-corrected chi connectivity index (χ1v) is 5.78. The Bertz CT molecular complexity index is 380. The molecule has 0 aliphatic carbocycles. The molecule has 0 amide bonds. The van der Waals surface area contributed by atoms with Gasteiger partial charge in [0.2, 0.25) is 0 Å². The lowest BCUT2D eigenvalue weighted by molar-refractivity contribution is 1.51. The van der Waals surface area contributed by atoms with Crippen molar-refractivity contribution in [2.45, 2.75) is 0 Å². The zero-order valence-corrected chi connectivity index (χ0v) is 11.5. The Morgan fingerprint density at radius 2 is 1.25 bits per heavy atom. The fourth-order valence-electron chi connectivity index (χ4n) is 1.13. The van der Waals surface area contributed by atoms with Gasteiger partial charge in [-0.2, -0.15) is 0 Å². The standard InChI is InChI=1S/C10H8.C2H6N2S.BrH/c1-2-6-10-8-4-3-7-9(10)5-1;1-5-2(3)4;/h1-8H;1H3,(H3,3,4);1H. The van der Waals surface area contributed by atoms with Crippen molar-refractivity contribution in [2.24, 2.45) is 5.73 Å². The molecule has 0 bridgehead atoms. The molecule has 3 N–H and O–H groups in total. The van der Waals surface area contributed by atoms with Crippen LogP contribution >= 0.6 is 28.7 Å². The fraction of sp³-hybridized carbons (Fsp3) is 0.0833. The minimum Gasteiger partial charge on any atom is -0.379 e. The molecular weight excluding hydrogens is 284 g/mol. The molecule has 0 fully saturated rings. The monoisotopic (exact) mass is 298 g/mol. The third kappa shape index (κ3) is 5.19. The fourth-order valence-corrected chi connectivity index (χ4v) is 1.13. The van der Waals surface area contributed by atoms with Gasteiger partial charge in [-0.05, 0) is 17.0 Å². The van der Waals surface area contributed by atoms with E-state index >= 15 is 0 Å². The van der Waals surface area contributed by atoms with E-state index in [9.17, 15) is 0 Å². The van der Waals surface area contributed by atoms with E-state index in [0.717, 1.165) is 0 Å². The van der Waals surface area contributed by atoms with Gasteiger partial charge in [0.25, 0.3) is 0 Å². The molecule has 0 radical (unpaired) electrons. The van der Waals surface area contributed by atoms with Crippen LogP contribution in [-0.2, 0) is 0 Å². The molecule has 2 aromatic carbocycles. The summed E-state index contributed by atoms with van der Waals surface area (Å²) in [6, 6.07) is 16.7. The van der Waals surface area contributed by atoms with E-state index in [-0.39, 0.29) is 22.1 Å². The Morgan fingerprint density at radius 1 is 1.00 bits per heavy atom. The van der Waals surface area contributed by atoms with Crippen molar-refractivity contribution in [3.05, 3.63) is 48.5 Å². The topological polar surface area (TPSA) is 49.9 Å². The molecule has 0 aliphatic heterocycles. The summed E-state index contributed by atoms with van der Waals surface area (Å²) in [4.78, 5) is 0. The summed E-state index contributed by atoms with van der Waals surface area (Å²) in [5.41, 5.74) is 4.84. The Hall–Kier alpha value is -1.00. The van der Waals surface area contributed by atoms with Gasteiger partial charge in [0.15, 0.2) is 5.17 Å². The molecule has 0 saturated heterocycles. The predicted molar refractivity (Wildman–Crippen MR) is 79.7 cm³/mol. The van der Waals surface area contributed by atoms with Gasteiger partial charge >= 0.3 is 0 Å². The van der Waals surface area contributed by atoms with Crippen molar-refractivity contribution < 1.29 is 0 Å². The van der Waals surface area contributed by atoms with Crippen LogP contribution in [0.1, 0.15) is 0 Å². The first-order chi connectivity index (χ1) is 7.24. The summed E-state index contributed by atoms with van der Waals surface area (Å²) in [6.45, 7) is 0. The van der Waals surface area contributed by atoms with Crippen molar-refractivity contribution in [3.8, 4) is 0 Å². The minimum absolute atomic E-state index is 0. The number of halogens is 1. The predicted octanol–water partition coefficient (Wildman–Crippen LogP) is 3.66. The molecule has 2 nitrogen and oxygen atoms in total. The number of rotatable bonds is 0. The zero-order valence-electron chi connectivity index (χ0n) is 9.01. The molecule has 0 aromatic heterocycles. The van der Waals surface area contributed by atoms with E-state index in [0.29, 0.717) is 0 Å². The van der Waals surface area contributed by atoms with Crippen molar-refractivity contribution in [1.29, 1.82) is 5.41 Å². The third-order valence-corrected chi connectivity index (χ3v) is 2.32. The summed E-state index contributed by atoms with van der Waals surface area (Å²) >= 11 is 1.24.